The smallest absolute Gasteiger partial charge is 0.265 e. The van der Waals surface area contributed by atoms with Crippen molar-refractivity contribution in [2.45, 2.75) is 38.7 Å². The molecule has 0 spiro atoms. The van der Waals surface area contributed by atoms with Crippen LogP contribution in [0.2, 0.25) is 0 Å². The van der Waals surface area contributed by atoms with Crippen molar-refractivity contribution in [3.05, 3.63) is 59.2 Å². The Kier molecular flexibility index (Phi) is 5.97. The minimum Gasteiger partial charge on any atom is -0.485 e. The Morgan fingerprint density at radius 2 is 1.83 bits per heavy atom. The van der Waals surface area contributed by atoms with Crippen molar-refractivity contribution >= 4 is 17.5 Å². The fourth-order valence-corrected chi connectivity index (χ4v) is 3.64. The molecule has 4 rings (SSSR count). The third-order valence-corrected chi connectivity index (χ3v) is 5.34. The van der Waals surface area contributed by atoms with Crippen molar-refractivity contribution < 1.29 is 19.1 Å². The third-order valence-electron chi connectivity index (χ3n) is 5.34. The highest BCUT2D eigenvalue weighted by Gasteiger charge is 2.27. The van der Waals surface area contributed by atoms with Crippen LogP contribution in [0.4, 0.5) is 0 Å². The number of hydrogen-bond acceptors (Lipinski definition) is 5. The number of amides is 2. The van der Waals surface area contributed by atoms with Crippen molar-refractivity contribution in [3.63, 3.8) is 0 Å². The predicted molar refractivity (Wildman–Crippen MR) is 113 cm³/mol. The molecule has 2 amide bonds. The number of carbonyl (C=O) groups excluding carboxylic acids is 2. The van der Waals surface area contributed by atoms with Gasteiger partial charge in [0.2, 0.25) is 6.10 Å². The molecule has 0 saturated heterocycles. The molecular weight excluding hydrogens is 382 g/mol. The fraction of sp³-hybridized carbons (Fsp3) is 0.348. The molecule has 2 N–H and O–H groups in total. The number of rotatable bonds is 5. The number of nitrogens with one attached hydrogen (secondary N) is 2. The van der Waals surface area contributed by atoms with Crippen LogP contribution in [-0.2, 0) is 22.4 Å². The molecule has 1 aliphatic carbocycles. The molecule has 2 aromatic carbocycles. The summed E-state index contributed by atoms with van der Waals surface area (Å²) < 4.78 is 11.2. The lowest BCUT2D eigenvalue weighted by atomic mass is 9.90. The van der Waals surface area contributed by atoms with Gasteiger partial charge < -0.3 is 14.8 Å². The Labute approximate surface area is 175 Å². The zero-order valence-electron chi connectivity index (χ0n) is 16.9. The third kappa shape index (κ3) is 4.62. The first-order chi connectivity index (χ1) is 14.6. The molecule has 156 valence electrons. The second kappa shape index (κ2) is 8.98. The standard InChI is InChI=1S/C23H25N3O4/c1-15(17-11-10-16-6-2-3-7-18(16)12-17)25-26-22(27)13-24-23(28)21-14-29-19-8-4-5-9-20(19)30-21/h4-5,8-12,21H,2-3,6-7,13-14H2,1H3,(H,24,28)(H,26,27)/b25-15-. The van der Waals surface area contributed by atoms with Gasteiger partial charge in [-0.05, 0) is 67.5 Å². The molecule has 7 heteroatoms. The molecule has 7 nitrogen and oxygen atoms in total. The average molecular weight is 407 g/mol. The van der Waals surface area contributed by atoms with Crippen LogP contribution in [0, 0.1) is 0 Å². The molecule has 1 atom stereocenters. The van der Waals surface area contributed by atoms with Gasteiger partial charge in [-0.2, -0.15) is 5.10 Å². The lowest BCUT2D eigenvalue weighted by molar-refractivity contribution is -0.132. The lowest BCUT2D eigenvalue weighted by Crippen LogP contribution is -2.46. The summed E-state index contributed by atoms with van der Waals surface area (Å²) in [6.07, 6.45) is 3.87. The molecule has 0 saturated carbocycles. The number of aryl methyl sites for hydroxylation is 2. The highest BCUT2D eigenvalue weighted by atomic mass is 16.6. The van der Waals surface area contributed by atoms with E-state index in [-0.39, 0.29) is 13.2 Å². The first kappa shape index (κ1) is 19.9. The lowest BCUT2D eigenvalue weighted by Gasteiger charge is -2.25. The number of para-hydroxylation sites is 2. The molecule has 1 aliphatic heterocycles. The normalized spacial score (nSPS) is 17.6. The Hall–Kier alpha value is -3.35. The van der Waals surface area contributed by atoms with Gasteiger partial charge in [0.15, 0.2) is 11.5 Å². The zero-order valence-corrected chi connectivity index (χ0v) is 16.9. The summed E-state index contributed by atoms with van der Waals surface area (Å²) in [4.78, 5) is 24.4. The van der Waals surface area contributed by atoms with Crippen LogP contribution in [0.25, 0.3) is 0 Å². The number of fused-ring (bicyclic) bond motifs is 2. The topological polar surface area (TPSA) is 89.0 Å². The molecular formula is C23H25N3O4. The number of hydrogen-bond donors (Lipinski definition) is 2. The van der Waals surface area contributed by atoms with Crippen molar-refractivity contribution in [3.8, 4) is 11.5 Å². The second-order valence-corrected chi connectivity index (χ2v) is 7.50. The first-order valence-electron chi connectivity index (χ1n) is 10.2. The van der Waals surface area contributed by atoms with Gasteiger partial charge in [0.25, 0.3) is 11.8 Å². The summed E-state index contributed by atoms with van der Waals surface area (Å²) in [5, 5.41) is 6.74. The van der Waals surface area contributed by atoms with Crippen molar-refractivity contribution in [1.82, 2.24) is 10.7 Å². The van der Waals surface area contributed by atoms with E-state index in [2.05, 4.69) is 28.0 Å². The van der Waals surface area contributed by atoms with E-state index in [0.717, 1.165) is 24.1 Å². The monoisotopic (exact) mass is 407 g/mol. The van der Waals surface area contributed by atoms with E-state index in [4.69, 9.17) is 9.47 Å². The Morgan fingerprint density at radius 1 is 1.07 bits per heavy atom. The Bertz CT molecular complexity index is 986. The van der Waals surface area contributed by atoms with Gasteiger partial charge in [0.05, 0.1) is 12.3 Å². The second-order valence-electron chi connectivity index (χ2n) is 7.50. The van der Waals surface area contributed by atoms with Gasteiger partial charge >= 0.3 is 0 Å². The summed E-state index contributed by atoms with van der Waals surface area (Å²) in [6, 6.07) is 13.5. The number of benzene rings is 2. The van der Waals surface area contributed by atoms with Gasteiger partial charge in [0.1, 0.15) is 6.61 Å². The maximum absolute atomic E-state index is 12.3. The fourth-order valence-electron chi connectivity index (χ4n) is 3.64. The summed E-state index contributed by atoms with van der Waals surface area (Å²) in [6.45, 7) is 1.76. The van der Waals surface area contributed by atoms with Crippen LogP contribution < -0.4 is 20.2 Å². The molecule has 0 bridgehead atoms. The van der Waals surface area contributed by atoms with E-state index in [1.807, 2.05) is 19.1 Å². The van der Waals surface area contributed by atoms with Crippen LogP contribution in [0.15, 0.2) is 47.6 Å². The van der Waals surface area contributed by atoms with E-state index in [1.54, 1.807) is 18.2 Å². The maximum Gasteiger partial charge on any atom is 0.265 e. The van der Waals surface area contributed by atoms with E-state index < -0.39 is 17.9 Å². The number of ether oxygens (including phenoxy) is 2. The van der Waals surface area contributed by atoms with Crippen LogP contribution in [-0.4, -0.2) is 36.8 Å². The quantitative estimate of drug-likeness (QED) is 0.588. The number of nitrogens with zero attached hydrogens (tertiary/aromatic N) is 1. The van der Waals surface area contributed by atoms with Gasteiger partial charge in [-0.15, -0.1) is 0 Å². The number of hydrazone groups is 1. The van der Waals surface area contributed by atoms with Crippen molar-refractivity contribution in [1.29, 1.82) is 0 Å². The zero-order chi connectivity index (χ0) is 20.9. The van der Waals surface area contributed by atoms with Gasteiger partial charge in [-0.25, -0.2) is 5.43 Å². The van der Waals surface area contributed by atoms with E-state index in [9.17, 15) is 9.59 Å². The summed E-state index contributed by atoms with van der Waals surface area (Å²) in [5.41, 5.74) is 6.98. The van der Waals surface area contributed by atoms with Gasteiger partial charge in [-0.3, -0.25) is 9.59 Å². The molecule has 2 aromatic rings. The van der Waals surface area contributed by atoms with Crippen LogP contribution in [0.5, 0.6) is 11.5 Å². The van der Waals surface area contributed by atoms with E-state index in [0.29, 0.717) is 11.5 Å². The molecule has 0 aromatic heterocycles. The van der Waals surface area contributed by atoms with Crippen molar-refractivity contribution in [2.75, 3.05) is 13.2 Å². The Balaban J connectivity index is 1.27. The Morgan fingerprint density at radius 3 is 2.67 bits per heavy atom. The molecule has 1 unspecified atom stereocenters. The highest BCUT2D eigenvalue weighted by molar-refractivity contribution is 5.99. The summed E-state index contributed by atoms with van der Waals surface area (Å²) >= 11 is 0. The molecule has 2 aliphatic rings. The molecule has 30 heavy (non-hydrogen) atoms. The number of carbonyl (C=O) groups is 2. The minimum atomic E-state index is -0.798. The van der Waals surface area contributed by atoms with E-state index in [1.165, 1.54) is 24.0 Å². The predicted octanol–water partition coefficient (Wildman–Crippen LogP) is 2.36. The summed E-state index contributed by atoms with van der Waals surface area (Å²) in [7, 11) is 0. The van der Waals surface area contributed by atoms with Crippen LogP contribution in [0.1, 0.15) is 36.5 Å². The SMILES string of the molecule is C/C(=N/NC(=O)CNC(=O)C1COc2ccccc2O1)c1ccc2c(c1)CCCC2. The first-order valence-corrected chi connectivity index (χ1v) is 10.2. The largest absolute Gasteiger partial charge is 0.485 e. The molecule has 0 fully saturated rings. The van der Waals surface area contributed by atoms with Crippen LogP contribution >= 0.6 is 0 Å². The van der Waals surface area contributed by atoms with Crippen molar-refractivity contribution in [2.24, 2.45) is 5.10 Å². The molecule has 0 radical (unpaired) electrons. The average Bonchev–Trinajstić information content (AvgIpc) is 2.80. The highest BCUT2D eigenvalue weighted by Crippen LogP contribution is 2.30. The van der Waals surface area contributed by atoms with Gasteiger partial charge in [-0.1, -0.05) is 24.3 Å². The molecule has 1 heterocycles. The van der Waals surface area contributed by atoms with E-state index >= 15 is 0 Å². The van der Waals surface area contributed by atoms with Crippen LogP contribution in [0.3, 0.4) is 0 Å². The maximum atomic E-state index is 12.3. The summed E-state index contributed by atoms with van der Waals surface area (Å²) in [5.74, 6) is 0.303. The van der Waals surface area contributed by atoms with Gasteiger partial charge in [0, 0.05) is 0 Å². The minimum absolute atomic E-state index is 0.0973.